The van der Waals surface area contributed by atoms with Crippen LogP contribution in [-0.4, -0.2) is 15.7 Å². The highest BCUT2D eigenvalue weighted by atomic mass is 32.2. The molecule has 0 saturated carbocycles. The van der Waals surface area contributed by atoms with Crippen molar-refractivity contribution in [2.45, 2.75) is 63.7 Å². The fraction of sp³-hybridized carbons (Fsp3) is 0.500. The van der Waals surface area contributed by atoms with Crippen molar-refractivity contribution in [1.29, 1.82) is 0 Å². The van der Waals surface area contributed by atoms with Gasteiger partial charge in [0.15, 0.2) is 5.82 Å². The lowest BCUT2D eigenvalue weighted by atomic mass is 10.1. The van der Waals surface area contributed by atoms with Crippen LogP contribution in [0.1, 0.15) is 57.9 Å². The molecule has 1 aromatic carbocycles. The maximum atomic E-state index is 4.51. The highest BCUT2D eigenvalue weighted by Crippen LogP contribution is 2.23. The molecule has 0 N–H and O–H groups in total. The first kappa shape index (κ1) is 18.0. The monoisotopic (exact) mass is 328 g/mol. The van der Waals surface area contributed by atoms with E-state index in [1.54, 1.807) is 0 Å². The Morgan fingerprint density at radius 1 is 0.826 bits per heavy atom. The maximum absolute atomic E-state index is 4.51. The van der Waals surface area contributed by atoms with Gasteiger partial charge in [0.25, 0.3) is 0 Å². The lowest BCUT2D eigenvalue weighted by Gasteiger charge is -2.05. The average Bonchev–Trinajstić information content (AvgIpc) is 2.61. The van der Waals surface area contributed by atoms with Crippen molar-refractivity contribution < 1.29 is 0 Å². The van der Waals surface area contributed by atoms with E-state index in [9.17, 15) is 0 Å². The minimum absolute atomic E-state index is 0.824. The lowest BCUT2D eigenvalue weighted by Crippen LogP contribution is -1.92. The van der Waals surface area contributed by atoms with Crippen molar-refractivity contribution in [3.63, 3.8) is 0 Å². The van der Waals surface area contributed by atoms with E-state index in [2.05, 4.69) is 48.1 Å². The first-order chi connectivity index (χ1) is 11.3. The zero-order chi connectivity index (χ0) is 16.3. The predicted molar refractivity (Wildman–Crippen MR) is 101 cm³/mol. The van der Waals surface area contributed by atoms with Gasteiger partial charge in [0.2, 0.25) is 0 Å². The third-order valence-electron chi connectivity index (χ3n) is 3.90. The molecule has 0 spiro atoms. The van der Waals surface area contributed by atoms with E-state index in [4.69, 9.17) is 0 Å². The Morgan fingerprint density at radius 2 is 1.52 bits per heavy atom. The molecular weight excluding hydrogens is 300 g/mol. The molecule has 2 rings (SSSR count). The molecule has 23 heavy (non-hydrogen) atoms. The first-order valence-electron chi connectivity index (χ1n) is 8.87. The Hall–Kier alpha value is -1.35. The molecule has 0 aliphatic rings. The van der Waals surface area contributed by atoms with Crippen molar-refractivity contribution in [2.24, 2.45) is 0 Å². The molecular formula is C20H28N2S. The number of hydrogen-bond acceptors (Lipinski definition) is 3. The van der Waals surface area contributed by atoms with Crippen LogP contribution in [0, 0.1) is 0 Å². The van der Waals surface area contributed by atoms with Gasteiger partial charge in [0.1, 0.15) is 0 Å². The summed E-state index contributed by atoms with van der Waals surface area (Å²) in [5, 5.41) is 0. The largest absolute Gasteiger partial charge is 0.236 e. The maximum Gasteiger partial charge on any atom is 0.159 e. The number of unbranched alkanes of at least 4 members (excludes halogenated alkanes) is 4. The molecule has 2 nitrogen and oxygen atoms in total. The highest BCUT2D eigenvalue weighted by Gasteiger charge is 2.02. The van der Waals surface area contributed by atoms with Crippen LogP contribution in [0.3, 0.4) is 0 Å². The molecule has 124 valence electrons. The van der Waals surface area contributed by atoms with Crippen LogP contribution in [0.4, 0.5) is 0 Å². The first-order valence-corrected chi connectivity index (χ1v) is 9.86. The van der Waals surface area contributed by atoms with Crippen LogP contribution < -0.4 is 0 Å². The van der Waals surface area contributed by atoms with Gasteiger partial charge in [0, 0.05) is 22.9 Å². The van der Waals surface area contributed by atoms with Gasteiger partial charge >= 0.3 is 0 Å². The predicted octanol–water partition coefficient (Wildman–Crippen LogP) is 6.16. The number of aryl methyl sites for hydroxylation is 1. The van der Waals surface area contributed by atoms with Crippen LogP contribution in [0.15, 0.2) is 41.6 Å². The quantitative estimate of drug-likeness (QED) is 0.386. The fourth-order valence-electron chi connectivity index (χ4n) is 2.43. The summed E-state index contributed by atoms with van der Waals surface area (Å²) in [6.07, 6.45) is 12.7. The topological polar surface area (TPSA) is 25.8 Å². The summed E-state index contributed by atoms with van der Waals surface area (Å²) in [6.45, 7) is 4.46. The summed E-state index contributed by atoms with van der Waals surface area (Å²) in [5.74, 6) is 2.03. The standard InChI is InChI=1S/C20H28N2S/c1-3-5-7-8-14-23-19-12-10-18(11-13-19)20-21-15-17(16-22-20)9-6-4-2/h10-13,15-16H,3-9,14H2,1-2H3. The van der Waals surface area contributed by atoms with Gasteiger partial charge in [-0.1, -0.05) is 51.7 Å². The Labute approximate surface area is 145 Å². The molecule has 3 heteroatoms. The lowest BCUT2D eigenvalue weighted by molar-refractivity contribution is 0.706. The summed E-state index contributed by atoms with van der Waals surface area (Å²) in [4.78, 5) is 10.4. The molecule has 0 radical (unpaired) electrons. The molecule has 1 aromatic heterocycles. The minimum Gasteiger partial charge on any atom is -0.236 e. The van der Waals surface area contributed by atoms with Crippen LogP contribution in [0.5, 0.6) is 0 Å². The molecule has 1 heterocycles. The zero-order valence-electron chi connectivity index (χ0n) is 14.4. The highest BCUT2D eigenvalue weighted by molar-refractivity contribution is 7.99. The van der Waals surface area contributed by atoms with E-state index in [0.717, 1.165) is 17.8 Å². The molecule has 0 amide bonds. The van der Waals surface area contributed by atoms with Crippen LogP contribution in [0.2, 0.25) is 0 Å². The van der Waals surface area contributed by atoms with Gasteiger partial charge in [0.05, 0.1) is 0 Å². The Kier molecular flexibility index (Phi) is 8.16. The Morgan fingerprint density at radius 3 is 2.17 bits per heavy atom. The molecule has 0 fully saturated rings. The molecule has 2 aromatic rings. The normalized spacial score (nSPS) is 10.9. The zero-order valence-corrected chi connectivity index (χ0v) is 15.2. The van der Waals surface area contributed by atoms with E-state index in [-0.39, 0.29) is 0 Å². The third kappa shape index (κ3) is 6.34. The molecule has 0 saturated heterocycles. The smallest absolute Gasteiger partial charge is 0.159 e. The summed E-state index contributed by atoms with van der Waals surface area (Å²) >= 11 is 1.95. The minimum atomic E-state index is 0.824. The van der Waals surface area contributed by atoms with E-state index >= 15 is 0 Å². The second-order valence-corrected chi connectivity index (χ2v) is 7.12. The van der Waals surface area contributed by atoms with Gasteiger partial charge in [-0.15, -0.1) is 11.8 Å². The van der Waals surface area contributed by atoms with E-state index < -0.39 is 0 Å². The average molecular weight is 329 g/mol. The van der Waals surface area contributed by atoms with Gasteiger partial charge in [-0.05, 0) is 42.7 Å². The molecule has 0 aliphatic heterocycles. The number of benzene rings is 1. The van der Waals surface area contributed by atoms with Crippen molar-refractivity contribution in [1.82, 2.24) is 9.97 Å². The van der Waals surface area contributed by atoms with Crippen molar-refractivity contribution in [2.75, 3.05) is 5.75 Å². The second kappa shape index (κ2) is 10.4. The van der Waals surface area contributed by atoms with Gasteiger partial charge in [-0.25, -0.2) is 9.97 Å². The third-order valence-corrected chi connectivity index (χ3v) is 5.00. The van der Waals surface area contributed by atoms with E-state index in [0.29, 0.717) is 0 Å². The second-order valence-electron chi connectivity index (χ2n) is 5.95. The summed E-state index contributed by atoms with van der Waals surface area (Å²) in [7, 11) is 0. The van der Waals surface area contributed by atoms with E-state index in [1.807, 2.05) is 24.2 Å². The molecule has 0 bridgehead atoms. The summed E-state index contributed by atoms with van der Waals surface area (Å²) in [5.41, 5.74) is 2.33. The summed E-state index contributed by atoms with van der Waals surface area (Å²) in [6, 6.07) is 8.65. The number of nitrogens with zero attached hydrogens (tertiary/aromatic N) is 2. The molecule has 0 atom stereocenters. The fourth-order valence-corrected chi connectivity index (χ4v) is 3.35. The number of rotatable bonds is 10. The van der Waals surface area contributed by atoms with Crippen LogP contribution in [0.25, 0.3) is 11.4 Å². The van der Waals surface area contributed by atoms with Crippen LogP contribution in [-0.2, 0) is 6.42 Å². The van der Waals surface area contributed by atoms with Gasteiger partial charge < -0.3 is 0 Å². The van der Waals surface area contributed by atoms with E-state index in [1.165, 1.54) is 54.7 Å². The number of aromatic nitrogens is 2. The van der Waals surface area contributed by atoms with Crippen molar-refractivity contribution >= 4 is 11.8 Å². The number of thioether (sulfide) groups is 1. The SMILES string of the molecule is CCCCCCSc1ccc(-c2ncc(CCCC)cn2)cc1. The molecule has 0 unspecified atom stereocenters. The Balaban J connectivity index is 1.86. The summed E-state index contributed by atoms with van der Waals surface area (Å²) < 4.78 is 0. The van der Waals surface area contributed by atoms with Crippen molar-refractivity contribution in [3.05, 3.63) is 42.2 Å². The molecule has 0 aliphatic carbocycles. The number of hydrogen-bond donors (Lipinski definition) is 0. The van der Waals surface area contributed by atoms with Gasteiger partial charge in [-0.2, -0.15) is 0 Å². The Bertz CT molecular complexity index is 549. The van der Waals surface area contributed by atoms with Gasteiger partial charge in [-0.3, -0.25) is 0 Å². The van der Waals surface area contributed by atoms with Crippen molar-refractivity contribution in [3.8, 4) is 11.4 Å². The van der Waals surface area contributed by atoms with Crippen LogP contribution >= 0.6 is 11.8 Å².